The van der Waals surface area contributed by atoms with Crippen molar-refractivity contribution in [1.29, 1.82) is 0 Å². The van der Waals surface area contributed by atoms with Crippen LogP contribution in [-0.2, 0) is 0 Å². The molecule has 1 atom stereocenters. The summed E-state index contributed by atoms with van der Waals surface area (Å²) in [6.07, 6.45) is 0. The molecule has 0 spiro atoms. The van der Waals surface area contributed by atoms with Gasteiger partial charge in [-0.25, -0.2) is 4.79 Å². The largest absolute Gasteiger partial charge is 0.351 e. The van der Waals surface area contributed by atoms with Crippen LogP contribution in [0.2, 0.25) is 5.02 Å². The molecule has 0 radical (unpaired) electrons. The second kappa shape index (κ2) is 4.33. The molecule has 1 unspecified atom stereocenters. The average Bonchev–Trinajstić information content (AvgIpc) is 2.15. The normalized spacial score (nSPS) is 12.2. The fourth-order valence-electron chi connectivity index (χ4n) is 1.18. The van der Waals surface area contributed by atoms with Crippen molar-refractivity contribution in [2.24, 2.45) is 5.73 Å². The fourth-order valence-corrected chi connectivity index (χ4v) is 1.38. The van der Waals surface area contributed by atoms with Gasteiger partial charge in [0.2, 0.25) is 0 Å². The Balaban J connectivity index is 2.89. The molecule has 14 heavy (non-hydrogen) atoms. The van der Waals surface area contributed by atoms with Gasteiger partial charge in [0.25, 0.3) is 0 Å². The predicted molar refractivity (Wildman–Crippen MR) is 57.2 cm³/mol. The highest BCUT2D eigenvalue weighted by molar-refractivity contribution is 6.30. The maximum Gasteiger partial charge on any atom is 0.315 e. The van der Waals surface area contributed by atoms with E-state index in [4.69, 9.17) is 17.3 Å². The Bertz CT molecular complexity index is 341. The van der Waals surface area contributed by atoms with Gasteiger partial charge in [-0.2, -0.15) is 0 Å². The monoisotopic (exact) mass is 212 g/mol. The number of nitrogens with zero attached hydrogens (tertiary/aromatic N) is 1. The molecule has 3 nitrogen and oxygen atoms in total. The van der Waals surface area contributed by atoms with Crippen molar-refractivity contribution in [3.8, 4) is 0 Å². The summed E-state index contributed by atoms with van der Waals surface area (Å²) in [4.78, 5) is 12.4. The van der Waals surface area contributed by atoms with Crippen molar-refractivity contribution in [3.05, 3.63) is 34.9 Å². The minimum atomic E-state index is -0.447. The minimum absolute atomic E-state index is 0.0637. The van der Waals surface area contributed by atoms with E-state index in [2.05, 4.69) is 0 Å². The Morgan fingerprint density at radius 2 is 2.21 bits per heavy atom. The molecule has 0 aliphatic rings. The highest BCUT2D eigenvalue weighted by Gasteiger charge is 2.14. The molecule has 1 aromatic rings. The molecular formula is C10H13ClN2O. The Morgan fingerprint density at radius 1 is 1.57 bits per heavy atom. The van der Waals surface area contributed by atoms with Crippen molar-refractivity contribution in [3.63, 3.8) is 0 Å². The van der Waals surface area contributed by atoms with Gasteiger partial charge < -0.3 is 10.6 Å². The van der Waals surface area contributed by atoms with Crippen LogP contribution in [0, 0.1) is 0 Å². The number of hydrogen-bond acceptors (Lipinski definition) is 1. The summed E-state index contributed by atoms with van der Waals surface area (Å²) in [6.45, 7) is 1.90. The number of benzene rings is 1. The molecule has 0 fully saturated rings. The van der Waals surface area contributed by atoms with Crippen LogP contribution < -0.4 is 5.73 Å². The van der Waals surface area contributed by atoms with Crippen LogP contribution in [0.15, 0.2) is 24.3 Å². The molecule has 0 saturated carbocycles. The van der Waals surface area contributed by atoms with E-state index < -0.39 is 6.03 Å². The Morgan fingerprint density at radius 3 is 2.71 bits per heavy atom. The lowest BCUT2D eigenvalue weighted by molar-refractivity contribution is 0.204. The minimum Gasteiger partial charge on any atom is -0.351 e. The van der Waals surface area contributed by atoms with Crippen molar-refractivity contribution in [2.75, 3.05) is 7.05 Å². The van der Waals surface area contributed by atoms with Gasteiger partial charge in [-0.05, 0) is 24.6 Å². The lowest BCUT2D eigenvalue weighted by Gasteiger charge is -2.23. The zero-order valence-electron chi connectivity index (χ0n) is 8.20. The first-order valence-electron chi connectivity index (χ1n) is 4.30. The van der Waals surface area contributed by atoms with E-state index in [0.29, 0.717) is 5.02 Å². The molecule has 0 heterocycles. The number of hydrogen-bond donors (Lipinski definition) is 1. The molecule has 0 saturated heterocycles. The Hall–Kier alpha value is -1.22. The average molecular weight is 213 g/mol. The number of urea groups is 1. The molecule has 0 aliphatic carbocycles. The summed E-state index contributed by atoms with van der Waals surface area (Å²) in [5.41, 5.74) is 6.14. The smallest absolute Gasteiger partial charge is 0.315 e. The van der Waals surface area contributed by atoms with E-state index in [9.17, 15) is 4.79 Å². The third-order valence-electron chi connectivity index (χ3n) is 2.26. The first kappa shape index (κ1) is 10.9. The van der Waals surface area contributed by atoms with Gasteiger partial charge in [0, 0.05) is 12.1 Å². The lowest BCUT2D eigenvalue weighted by atomic mass is 10.1. The van der Waals surface area contributed by atoms with Gasteiger partial charge in [0.05, 0.1) is 6.04 Å². The number of carbonyl (C=O) groups is 1. The molecule has 0 aromatic heterocycles. The number of nitrogens with two attached hydrogens (primary N) is 1. The summed E-state index contributed by atoms with van der Waals surface area (Å²) >= 11 is 5.84. The van der Waals surface area contributed by atoms with Crippen LogP contribution in [0.5, 0.6) is 0 Å². The topological polar surface area (TPSA) is 46.3 Å². The number of rotatable bonds is 2. The third-order valence-corrected chi connectivity index (χ3v) is 2.49. The van der Waals surface area contributed by atoms with Gasteiger partial charge in [-0.1, -0.05) is 23.7 Å². The van der Waals surface area contributed by atoms with Crippen LogP contribution in [0.25, 0.3) is 0 Å². The van der Waals surface area contributed by atoms with Crippen molar-refractivity contribution >= 4 is 17.6 Å². The number of primary amides is 1. The maximum absolute atomic E-state index is 10.9. The number of halogens is 1. The molecule has 2 amide bonds. The predicted octanol–water partition coefficient (Wildman–Crippen LogP) is 2.41. The van der Waals surface area contributed by atoms with E-state index in [1.165, 1.54) is 4.90 Å². The van der Waals surface area contributed by atoms with Gasteiger partial charge in [-0.15, -0.1) is 0 Å². The molecule has 4 heteroatoms. The standard InChI is InChI=1S/C10H13ClN2O/c1-7(13(2)10(12)14)8-4-3-5-9(11)6-8/h3-7H,1-2H3,(H2,12,14). The first-order valence-corrected chi connectivity index (χ1v) is 4.68. The van der Waals surface area contributed by atoms with Crippen LogP contribution >= 0.6 is 11.6 Å². The van der Waals surface area contributed by atoms with E-state index in [1.807, 2.05) is 25.1 Å². The zero-order chi connectivity index (χ0) is 10.7. The van der Waals surface area contributed by atoms with Crippen molar-refractivity contribution < 1.29 is 4.79 Å². The van der Waals surface area contributed by atoms with Crippen LogP contribution in [0.3, 0.4) is 0 Å². The van der Waals surface area contributed by atoms with Crippen molar-refractivity contribution in [2.45, 2.75) is 13.0 Å². The second-order valence-corrected chi connectivity index (χ2v) is 3.62. The summed E-state index contributed by atoms with van der Waals surface area (Å²) in [5.74, 6) is 0. The highest BCUT2D eigenvalue weighted by atomic mass is 35.5. The molecule has 0 aliphatic heterocycles. The summed E-state index contributed by atoms with van der Waals surface area (Å²) in [7, 11) is 1.66. The Kier molecular flexibility index (Phi) is 3.36. The van der Waals surface area contributed by atoms with Gasteiger partial charge in [-0.3, -0.25) is 0 Å². The number of amides is 2. The van der Waals surface area contributed by atoms with Gasteiger partial charge in [0.15, 0.2) is 0 Å². The summed E-state index contributed by atoms with van der Waals surface area (Å²) in [5, 5.41) is 0.659. The van der Waals surface area contributed by atoms with Crippen LogP contribution in [-0.4, -0.2) is 18.0 Å². The molecule has 1 rings (SSSR count). The molecule has 1 aromatic carbocycles. The van der Waals surface area contributed by atoms with E-state index >= 15 is 0 Å². The molecule has 76 valence electrons. The Labute approximate surface area is 88.5 Å². The number of carbonyl (C=O) groups excluding carboxylic acids is 1. The third kappa shape index (κ3) is 2.39. The maximum atomic E-state index is 10.9. The van der Waals surface area contributed by atoms with E-state index in [1.54, 1.807) is 13.1 Å². The lowest BCUT2D eigenvalue weighted by Crippen LogP contribution is -2.34. The van der Waals surface area contributed by atoms with Crippen molar-refractivity contribution in [1.82, 2.24) is 4.90 Å². The SMILES string of the molecule is CC(c1cccc(Cl)c1)N(C)C(N)=O. The molecule has 0 bridgehead atoms. The summed E-state index contributed by atoms with van der Waals surface area (Å²) in [6, 6.07) is 6.87. The van der Waals surface area contributed by atoms with E-state index in [0.717, 1.165) is 5.56 Å². The van der Waals surface area contributed by atoms with Crippen LogP contribution in [0.4, 0.5) is 4.79 Å². The van der Waals surface area contributed by atoms with Gasteiger partial charge in [0.1, 0.15) is 0 Å². The van der Waals surface area contributed by atoms with Gasteiger partial charge >= 0.3 is 6.03 Å². The van der Waals surface area contributed by atoms with Crippen LogP contribution in [0.1, 0.15) is 18.5 Å². The fraction of sp³-hybridized carbons (Fsp3) is 0.300. The molecule has 2 N–H and O–H groups in total. The quantitative estimate of drug-likeness (QED) is 0.804. The van der Waals surface area contributed by atoms with E-state index in [-0.39, 0.29) is 6.04 Å². The first-order chi connectivity index (χ1) is 6.52. The molecular weight excluding hydrogens is 200 g/mol. The second-order valence-electron chi connectivity index (χ2n) is 3.18. The highest BCUT2D eigenvalue weighted by Crippen LogP contribution is 2.21. The zero-order valence-corrected chi connectivity index (χ0v) is 8.95. The summed E-state index contributed by atoms with van der Waals surface area (Å²) < 4.78 is 0.